The zero-order chi connectivity index (χ0) is 12.1. The molecule has 0 heterocycles. The molecule has 0 saturated heterocycles. The molecule has 6 heteroatoms. The largest absolute Gasteiger partial charge is 0.505 e. The number of aryl methyl sites for hydroxylation is 1. The average molecular weight is 279 g/mol. The van der Waals surface area contributed by atoms with E-state index in [1.807, 2.05) is 6.92 Å². The van der Waals surface area contributed by atoms with Crippen LogP contribution in [-0.2, 0) is 0 Å². The Morgan fingerprint density at radius 1 is 1.44 bits per heavy atom. The van der Waals surface area contributed by atoms with Crippen molar-refractivity contribution in [3.8, 4) is 17.9 Å². The molecule has 0 radical (unpaired) electrons. The zero-order valence-corrected chi connectivity index (χ0v) is 9.91. The van der Waals surface area contributed by atoms with Crippen molar-refractivity contribution in [3.63, 3.8) is 0 Å². The third kappa shape index (κ3) is 2.72. The Bertz CT molecular complexity index is 509. The number of nitriles is 2. The van der Waals surface area contributed by atoms with Crippen LogP contribution in [0.4, 0.5) is 5.69 Å². The van der Waals surface area contributed by atoms with E-state index in [2.05, 4.69) is 26.5 Å². The van der Waals surface area contributed by atoms with Crippen molar-refractivity contribution in [2.45, 2.75) is 6.92 Å². The molecule has 0 spiro atoms. The minimum atomic E-state index is -0.308. The Kier molecular flexibility index (Phi) is 3.87. The lowest BCUT2D eigenvalue weighted by Crippen LogP contribution is -1.97. The van der Waals surface area contributed by atoms with E-state index in [0.717, 1.165) is 5.56 Å². The second-order valence-corrected chi connectivity index (χ2v) is 3.79. The highest BCUT2D eigenvalue weighted by Crippen LogP contribution is 2.33. The summed E-state index contributed by atoms with van der Waals surface area (Å²) in [6.45, 7) is 1.84. The van der Waals surface area contributed by atoms with Gasteiger partial charge >= 0.3 is 0 Å². The molecule has 1 aromatic carbocycles. The van der Waals surface area contributed by atoms with Gasteiger partial charge in [-0.2, -0.15) is 15.6 Å². The second-order valence-electron chi connectivity index (χ2n) is 2.94. The van der Waals surface area contributed by atoms with Crippen LogP contribution in [0.3, 0.4) is 0 Å². The highest BCUT2D eigenvalue weighted by Gasteiger charge is 2.06. The third-order valence-corrected chi connectivity index (χ3v) is 2.31. The molecule has 0 amide bonds. The van der Waals surface area contributed by atoms with E-state index in [1.165, 1.54) is 0 Å². The quantitative estimate of drug-likeness (QED) is 0.493. The fourth-order valence-electron chi connectivity index (χ4n) is 1.01. The Labute approximate surface area is 101 Å². The number of aromatic hydroxyl groups is 1. The van der Waals surface area contributed by atoms with E-state index in [4.69, 9.17) is 10.5 Å². The van der Waals surface area contributed by atoms with Crippen LogP contribution in [0.2, 0.25) is 0 Å². The minimum absolute atomic E-state index is 0.0235. The number of benzene rings is 1. The summed E-state index contributed by atoms with van der Waals surface area (Å²) in [6, 6.07) is 6.59. The lowest BCUT2D eigenvalue weighted by atomic mass is 10.2. The molecule has 2 N–H and O–H groups in total. The van der Waals surface area contributed by atoms with E-state index in [1.54, 1.807) is 24.3 Å². The van der Waals surface area contributed by atoms with Crippen molar-refractivity contribution in [2.24, 2.45) is 5.10 Å². The minimum Gasteiger partial charge on any atom is -0.505 e. The van der Waals surface area contributed by atoms with E-state index in [0.29, 0.717) is 10.2 Å². The summed E-state index contributed by atoms with van der Waals surface area (Å²) in [7, 11) is 0. The van der Waals surface area contributed by atoms with Crippen molar-refractivity contribution < 1.29 is 5.11 Å². The summed E-state index contributed by atoms with van der Waals surface area (Å²) in [6.07, 6.45) is 0. The normalized spacial score (nSPS) is 8.75. The second kappa shape index (κ2) is 5.15. The first-order chi connectivity index (χ1) is 7.58. The lowest BCUT2D eigenvalue weighted by molar-refractivity contribution is 0.474. The van der Waals surface area contributed by atoms with Gasteiger partial charge in [-0.05, 0) is 40.5 Å². The monoisotopic (exact) mass is 278 g/mol. The van der Waals surface area contributed by atoms with Gasteiger partial charge < -0.3 is 5.11 Å². The van der Waals surface area contributed by atoms with Crippen molar-refractivity contribution in [1.29, 1.82) is 10.5 Å². The average Bonchev–Trinajstić information content (AvgIpc) is 2.26. The van der Waals surface area contributed by atoms with E-state index < -0.39 is 0 Å². The first-order valence-corrected chi connectivity index (χ1v) is 5.00. The molecule has 0 aliphatic heterocycles. The van der Waals surface area contributed by atoms with Crippen molar-refractivity contribution in [3.05, 3.63) is 22.2 Å². The van der Waals surface area contributed by atoms with Crippen LogP contribution in [-0.4, -0.2) is 10.8 Å². The van der Waals surface area contributed by atoms with Crippen LogP contribution in [0.5, 0.6) is 5.75 Å². The molecule has 0 aliphatic rings. The predicted molar refractivity (Wildman–Crippen MR) is 62.8 cm³/mol. The zero-order valence-electron chi connectivity index (χ0n) is 8.32. The van der Waals surface area contributed by atoms with Gasteiger partial charge in [0, 0.05) is 0 Å². The summed E-state index contributed by atoms with van der Waals surface area (Å²) in [5.41, 5.74) is 3.38. The first kappa shape index (κ1) is 12.0. The van der Waals surface area contributed by atoms with Gasteiger partial charge in [-0.15, -0.1) is 0 Å². The van der Waals surface area contributed by atoms with Crippen LogP contribution in [0.15, 0.2) is 21.7 Å². The van der Waals surface area contributed by atoms with Gasteiger partial charge in [-0.1, -0.05) is 0 Å². The molecular weight excluding hydrogens is 272 g/mol. The molecule has 0 fully saturated rings. The molecule has 1 aromatic rings. The maximum atomic E-state index is 9.64. The molecule has 16 heavy (non-hydrogen) atoms. The van der Waals surface area contributed by atoms with E-state index >= 15 is 0 Å². The molecule has 0 aliphatic carbocycles. The fraction of sp³-hybridized carbons (Fsp3) is 0.100. The summed E-state index contributed by atoms with van der Waals surface area (Å²) in [4.78, 5) is 0. The lowest BCUT2D eigenvalue weighted by Gasteiger charge is -2.06. The first-order valence-electron chi connectivity index (χ1n) is 4.21. The van der Waals surface area contributed by atoms with Gasteiger partial charge in [-0.3, -0.25) is 5.43 Å². The maximum Gasteiger partial charge on any atom is 0.237 e. The number of hydrazone groups is 1. The van der Waals surface area contributed by atoms with Gasteiger partial charge in [0.2, 0.25) is 5.71 Å². The number of hydrogen-bond donors (Lipinski definition) is 2. The van der Waals surface area contributed by atoms with Crippen LogP contribution in [0.1, 0.15) is 5.56 Å². The molecular formula is C10H7BrN4O. The van der Waals surface area contributed by atoms with Crippen molar-refractivity contribution in [2.75, 3.05) is 5.43 Å². The smallest absolute Gasteiger partial charge is 0.237 e. The summed E-state index contributed by atoms with van der Waals surface area (Å²) < 4.78 is 0.515. The third-order valence-electron chi connectivity index (χ3n) is 1.71. The van der Waals surface area contributed by atoms with Crippen molar-refractivity contribution in [1.82, 2.24) is 0 Å². The van der Waals surface area contributed by atoms with Gasteiger partial charge in [0.05, 0.1) is 10.2 Å². The Morgan fingerprint density at radius 3 is 2.62 bits per heavy atom. The predicted octanol–water partition coefficient (Wildman–Crippen LogP) is 2.28. The molecule has 0 bridgehead atoms. The van der Waals surface area contributed by atoms with E-state index in [9.17, 15) is 5.11 Å². The molecule has 0 unspecified atom stereocenters. The summed E-state index contributed by atoms with van der Waals surface area (Å²) >= 11 is 3.17. The standard InChI is InChI=1S/C10H7BrN4O/c1-6-2-8(11)10(16)9(3-6)15-14-7(4-12)5-13/h2-3,15-16H,1H3. The molecule has 0 saturated carbocycles. The molecule has 5 nitrogen and oxygen atoms in total. The van der Waals surface area contributed by atoms with Crippen LogP contribution in [0, 0.1) is 29.6 Å². The van der Waals surface area contributed by atoms with Gasteiger partial charge in [0.15, 0.2) is 5.75 Å². The Hall–Kier alpha value is -2.05. The van der Waals surface area contributed by atoms with Crippen LogP contribution in [0.25, 0.3) is 0 Å². The summed E-state index contributed by atoms with van der Waals surface area (Å²) in [5, 5.41) is 30.1. The topological polar surface area (TPSA) is 92.2 Å². The highest BCUT2D eigenvalue weighted by molar-refractivity contribution is 9.10. The van der Waals surface area contributed by atoms with E-state index in [-0.39, 0.29) is 11.5 Å². The Morgan fingerprint density at radius 2 is 2.06 bits per heavy atom. The molecule has 80 valence electrons. The van der Waals surface area contributed by atoms with Crippen LogP contribution < -0.4 is 5.43 Å². The fourth-order valence-corrected chi connectivity index (χ4v) is 1.59. The molecule has 0 atom stereocenters. The number of anilines is 1. The maximum absolute atomic E-state index is 9.64. The number of nitrogens with one attached hydrogen (secondary N) is 1. The number of halogens is 1. The SMILES string of the molecule is Cc1cc(Br)c(O)c(NN=C(C#N)C#N)c1. The van der Waals surface area contributed by atoms with Gasteiger partial charge in [0.25, 0.3) is 0 Å². The highest BCUT2D eigenvalue weighted by atomic mass is 79.9. The van der Waals surface area contributed by atoms with Crippen LogP contribution >= 0.6 is 15.9 Å². The summed E-state index contributed by atoms with van der Waals surface area (Å²) in [5.74, 6) is -0.0235. The Balaban J connectivity index is 3.05. The molecule has 0 aromatic heterocycles. The van der Waals surface area contributed by atoms with Gasteiger partial charge in [0.1, 0.15) is 12.1 Å². The number of nitrogens with zero attached hydrogens (tertiary/aromatic N) is 3. The number of rotatable bonds is 2. The number of hydrogen-bond acceptors (Lipinski definition) is 5. The van der Waals surface area contributed by atoms with Gasteiger partial charge in [-0.25, -0.2) is 0 Å². The number of phenols is 1. The number of phenolic OH excluding ortho intramolecular Hbond substituents is 1. The van der Waals surface area contributed by atoms with Crippen molar-refractivity contribution >= 4 is 27.3 Å². The molecule has 1 rings (SSSR count).